The summed E-state index contributed by atoms with van der Waals surface area (Å²) in [5, 5.41) is 15.5. The number of likely N-dealkylation sites (tertiary alicyclic amines) is 1. The van der Waals surface area contributed by atoms with Crippen molar-refractivity contribution in [1.29, 1.82) is 0 Å². The van der Waals surface area contributed by atoms with Gasteiger partial charge in [-0.3, -0.25) is 4.90 Å². The van der Waals surface area contributed by atoms with Crippen molar-refractivity contribution < 1.29 is 24.1 Å². The molecule has 5 unspecified atom stereocenters. The minimum atomic E-state index is -0.499. The molecule has 3 fully saturated rings. The molecule has 8 rings (SSSR count). The number of anilines is 1. The molecule has 56 heavy (non-hydrogen) atoms. The van der Waals surface area contributed by atoms with Gasteiger partial charge in [0, 0.05) is 43.3 Å². The Kier molecular flexibility index (Phi) is 11.0. The van der Waals surface area contributed by atoms with Crippen LogP contribution in [0.5, 0.6) is 11.5 Å². The molecule has 8 nitrogen and oxygen atoms in total. The van der Waals surface area contributed by atoms with Crippen LogP contribution >= 0.6 is 0 Å². The standard InChI is InChI=1S/C48H53N3O5/c1-47(2)26-40-27-48(3,31-47)32-51(40)29-43-25-44(36-14-12-33(30-52)13-15-36)56-45(55-43)37-18-16-35(17-19-37)38-9-7-8-34(24-38)28-49-46(53)50-39-20-22-42(23-21-39)54-41-10-5-4-6-11-41/h4-24,40,43-45,52H,25-32H2,1-3H3,(H2,49,50,53). The van der Waals surface area contributed by atoms with Gasteiger partial charge < -0.3 is 30.0 Å². The second-order valence-electron chi connectivity index (χ2n) is 17.1. The van der Waals surface area contributed by atoms with Crippen molar-refractivity contribution in [2.24, 2.45) is 10.8 Å². The number of amides is 2. The fourth-order valence-corrected chi connectivity index (χ4v) is 9.37. The highest BCUT2D eigenvalue weighted by molar-refractivity contribution is 5.89. The summed E-state index contributed by atoms with van der Waals surface area (Å²) in [4.78, 5) is 15.5. The van der Waals surface area contributed by atoms with Crippen LogP contribution in [0.1, 0.15) is 81.1 Å². The van der Waals surface area contributed by atoms with E-state index in [1.807, 2.05) is 78.9 Å². The zero-order chi connectivity index (χ0) is 38.7. The molecule has 0 radical (unpaired) electrons. The first kappa shape index (κ1) is 37.9. The van der Waals surface area contributed by atoms with E-state index in [9.17, 15) is 9.90 Å². The maximum atomic E-state index is 12.8. The molecule has 2 amide bonds. The van der Waals surface area contributed by atoms with Crippen LogP contribution in [0.4, 0.5) is 10.5 Å². The average Bonchev–Trinajstić information content (AvgIpc) is 3.44. The number of nitrogens with zero attached hydrogens (tertiary/aromatic N) is 1. The van der Waals surface area contributed by atoms with Gasteiger partial charge in [0.05, 0.1) is 18.8 Å². The minimum absolute atomic E-state index is 0.0222. The Bertz CT molecular complexity index is 2090. The van der Waals surface area contributed by atoms with Crippen LogP contribution < -0.4 is 15.4 Å². The topological polar surface area (TPSA) is 92.3 Å². The van der Waals surface area contributed by atoms with Crippen molar-refractivity contribution >= 4 is 11.7 Å². The highest BCUT2D eigenvalue weighted by Crippen LogP contribution is 2.53. The summed E-state index contributed by atoms with van der Waals surface area (Å²) >= 11 is 0. The molecule has 1 aliphatic carbocycles. The Hall–Kier alpha value is -4.99. The van der Waals surface area contributed by atoms with E-state index in [4.69, 9.17) is 14.2 Å². The largest absolute Gasteiger partial charge is 0.457 e. The average molecular weight is 752 g/mol. The maximum absolute atomic E-state index is 12.8. The van der Waals surface area contributed by atoms with Crippen LogP contribution in [0.15, 0.2) is 127 Å². The summed E-state index contributed by atoms with van der Waals surface area (Å²) in [7, 11) is 0. The van der Waals surface area contributed by atoms with E-state index in [2.05, 4.69) is 84.8 Å². The molecule has 3 aliphatic rings. The predicted octanol–water partition coefficient (Wildman–Crippen LogP) is 10.4. The van der Waals surface area contributed by atoms with Crippen LogP contribution in [-0.4, -0.2) is 41.3 Å². The van der Waals surface area contributed by atoms with Crippen molar-refractivity contribution in [3.8, 4) is 22.6 Å². The lowest BCUT2D eigenvalue weighted by Gasteiger charge is -2.41. The lowest BCUT2D eigenvalue weighted by molar-refractivity contribution is -0.253. The van der Waals surface area contributed by atoms with Gasteiger partial charge in [-0.05, 0) is 100 Å². The molecule has 8 heteroatoms. The number of hydrogen-bond acceptors (Lipinski definition) is 6. The smallest absolute Gasteiger partial charge is 0.319 e. The van der Waals surface area contributed by atoms with Gasteiger partial charge in [0.25, 0.3) is 0 Å². The second kappa shape index (κ2) is 16.2. The van der Waals surface area contributed by atoms with E-state index in [0.29, 0.717) is 34.9 Å². The molecule has 5 aromatic rings. The van der Waals surface area contributed by atoms with Crippen LogP contribution in [-0.2, 0) is 22.6 Å². The molecular formula is C48H53N3O5. The summed E-state index contributed by atoms with van der Waals surface area (Å²) in [6, 6.07) is 42.0. The van der Waals surface area contributed by atoms with E-state index in [1.54, 1.807) is 0 Å². The number of rotatable bonds is 11. The quantitative estimate of drug-likeness (QED) is 0.124. The van der Waals surface area contributed by atoms with Crippen molar-refractivity contribution in [2.45, 2.75) is 84.1 Å². The predicted molar refractivity (Wildman–Crippen MR) is 220 cm³/mol. The number of nitrogens with one attached hydrogen (secondary N) is 2. The number of aliphatic hydroxyl groups excluding tert-OH is 1. The normalized spacial score (nSPS) is 24.4. The number of benzene rings is 5. The number of aliphatic hydroxyl groups is 1. The third kappa shape index (κ3) is 9.17. The third-order valence-corrected chi connectivity index (χ3v) is 11.6. The number of urea groups is 1. The molecule has 2 bridgehead atoms. The van der Waals surface area contributed by atoms with E-state index in [-0.39, 0.29) is 24.8 Å². The number of fused-ring (bicyclic) bond motifs is 2. The Morgan fingerprint density at radius 3 is 2.27 bits per heavy atom. The van der Waals surface area contributed by atoms with E-state index in [0.717, 1.165) is 58.6 Å². The molecule has 0 aromatic heterocycles. The lowest BCUT2D eigenvalue weighted by atomic mass is 9.65. The van der Waals surface area contributed by atoms with E-state index in [1.165, 1.54) is 19.3 Å². The number of carbonyl (C=O) groups excluding carboxylic acids is 1. The molecule has 2 saturated heterocycles. The van der Waals surface area contributed by atoms with Crippen molar-refractivity contribution in [2.75, 3.05) is 18.4 Å². The summed E-state index contributed by atoms with van der Waals surface area (Å²) in [6.07, 6.45) is 3.96. The Balaban J connectivity index is 0.907. The SMILES string of the molecule is CC1(C)CC2CC(C)(CN2CC2CC(c3ccc(CO)cc3)OC(c3ccc(-c4cccc(CNC(=O)Nc5ccc(Oc6ccccc6)cc5)c4)cc3)O2)C1. The lowest BCUT2D eigenvalue weighted by Crippen LogP contribution is -2.42. The molecule has 2 aliphatic heterocycles. The first-order chi connectivity index (χ1) is 27.1. The molecule has 5 atom stereocenters. The molecular weight excluding hydrogens is 699 g/mol. The number of carbonyl (C=O) groups is 1. The highest BCUT2D eigenvalue weighted by atomic mass is 16.7. The van der Waals surface area contributed by atoms with Crippen LogP contribution in [0.3, 0.4) is 0 Å². The summed E-state index contributed by atoms with van der Waals surface area (Å²) < 4.78 is 19.4. The fourth-order valence-electron chi connectivity index (χ4n) is 9.37. The van der Waals surface area contributed by atoms with Gasteiger partial charge in [0.1, 0.15) is 11.5 Å². The van der Waals surface area contributed by atoms with Crippen molar-refractivity contribution in [3.63, 3.8) is 0 Å². The number of para-hydroxylation sites is 1. The third-order valence-electron chi connectivity index (χ3n) is 11.6. The van der Waals surface area contributed by atoms with E-state index >= 15 is 0 Å². The van der Waals surface area contributed by atoms with Crippen LogP contribution in [0, 0.1) is 10.8 Å². The van der Waals surface area contributed by atoms with E-state index < -0.39 is 6.29 Å². The van der Waals surface area contributed by atoms with Crippen molar-refractivity contribution in [1.82, 2.24) is 10.2 Å². The molecule has 1 saturated carbocycles. The molecule has 290 valence electrons. The molecule has 0 spiro atoms. The fraction of sp³-hybridized carbons (Fsp3) is 0.354. The van der Waals surface area contributed by atoms with Crippen LogP contribution in [0.25, 0.3) is 11.1 Å². The Morgan fingerprint density at radius 1 is 0.786 bits per heavy atom. The zero-order valence-corrected chi connectivity index (χ0v) is 32.6. The number of ether oxygens (including phenoxy) is 3. The first-order valence-electron chi connectivity index (χ1n) is 19.9. The second-order valence-corrected chi connectivity index (χ2v) is 17.1. The summed E-state index contributed by atoms with van der Waals surface area (Å²) in [6.45, 7) is 9.74. The van der Waals surface area contributed by atoms with Gasteiger partial charge in [-0.25, -0.2) is 4.79 Å². The monoisotopic (exact) mass is 751 g/mol. The molecule has 3 N–H and O–H groups in total. The first-order valence-corrected chi connectivity index (χ1v) is 19.9. The Labute approximate surface area is 330 Å². The highest BCUT2D eigenvalue weighted by Gasteiger charge is 2.50. The van der Waals surface area contributed by atoms with Crippen LogP contribution in [0.2, 0.25) is 0 Å². The van der Waals surface area contributed by atoms with Gasteiger partial charge in [0.2, 0.25) is 0 Å². The van der Waals surface area contributed by atoms with Gasteiger partial charge in [-0.15, -0.1) is 0 Å². The zero-order valence-electron chi connectivity index (χ0n) is 32.6. The summed E-state index contributed by atoms with van der Waals surface area (Å²) in [5.41, 5.74) is 7.51. The molecule has 5 aromatic carbocycles. The van der Waals surface area contributed by atoms with Crippen molar-refractivity contribution in [3.05, 3.63) is 150 Å². The van der Waals surface area contributed by atoms with Gasteiger partial charge >= 0.3 is 6.03 Å². The minimum Gasteiger partial charge on any atom is -0.457 e. The van der Waals surface area contributed by atoms with Gasteiger partial charge in [0.15, 0.2) is 6.29 Å². The maximum Gasteiger partial charge on any atom is 0.319 e. The van der Waals surface area contributed by atoms with Gasteiger partial charge in [-0.2, -0.15) is 0 Å². The van der Waals surface area contributed by atoms with Gasteiger partial charge in [-0.1, -0.05) is 106 Å². The molecule has 2 heterocycles. The number of hydrogen-bond donors (Lipinski definition) is 3. The summed E-state index contributed by atoms with van der Waals surface area (Å²) in [5.74, 6) is 1.46. The Morgan fingerprint density at radius 2 is 1.52 bits per heavy atom.